The highest BCUT2D eigenvalue weighted by Gasteiger charge is 2.44. The number of likely N-dealkylation sites (tertiary alicyclic amines) is 1. The summed E-state index contributed by atoms with van der Waals surface area (Å²) in [6, 6.07) is 8.37. The van der Waals surface area contributed by atoms with Crippen molar-refractivity contribution >= 4 is 11.6 Å². The van der Waals surface area contributed by atoms with Crippen LogP contribution in [-0.4, -0.2) is 54.4 Å². The van der Waals surface area contributed by atoms with Crippen molar-refractivity contribution in [1.82, 2.24) is 10.1 Å². The van der Waals surface area contributed by atoms with E-state index in [0.29, 0.717) is 19.7 Å². The van der Waals surface area contributed by atoms with Crippen molar-refractivity contribution in [3.8, 4) is 0 Å². The van der Waals surface area contributed by atoms with Crippen molar-refractivity contribution in [2.24, 2.45) is 0 Å². The molecule has 0 saturated carbocycles. The summed E-state index contributed by atoms with van der Waals surface area (Å²) < 4.78 is 24.3. The molecule has 6 nitrogen and oxygen atoms in total. The van der Waals surface area contributed by atoms with E-state index in [1.165, 1.54) is 18.3 Å². The van der Waals surface area contributed by atoms with Crippen LogP contribution in [0.3, 0.4) is 0 Å². The molecule has 138 valence electrons. The molecule has 2 fully saturated rings. The van der Waals surface area contributed by atoms with Crippen molar-refractivity contribution in [2.75, 3.05) is 31.6 Å². The standard InChI is InChI=1S/C19H22FN3O3/c1-22(15-4-2-14(20)3-5-15)16-12-19(25-13-16)7-10-23(11-8-19)18(24)17-6-9-21-26-17/h2-6,9,16H,7-8,10-13H2,1H3/t16-/m0/s1. The lowest BCUT2D eigenvalue weighted by atomic mass is 9.87. The molecular weight excluding hydrogens is 337 g/mol. The first-order valence-electron chi connectivity index (χ1n) is 8.89. The van der Waals surface area contributed by atoms with E-state index in [0.717, 1.165) is 24.9 Å². The first-order chi connectivity index (χ1) is 12.6. The molecule has 4 rings (SSSR count). The first kappa shape index (κ1) is 17.0. The summed E-state index contributed by atoms with van der Waals surface area (Å²) in [7, 11) is 2.02. The summed E-state index contributed by atoms with van der Waals surface area (Å²) in [5.41, 5.74) is 0.798. The second kappa shape index (κ2) is 6.72. The number of benzene rings is 1. The third-order valence-electron chi connectivity index (χ3n) is 5.58. The highest BCUT2D eigenvalue weighted by molar-refractivity contribution is 5.91. The van der Waals surface area contributed by atoms with Gasteiger partial charge in [-0.3, -0.25) is 4.79 Å². The van der Waals surface area contributed by atoms with Gasteiger partial charge in [0.1, 0.15) is 5.82 Å². The zero-order valence-electron chi connectivity index (χ0n) is 14.7. The SMILES string of the molecule is CN(c1ccc(F)cc1)[C@@H]1COC2(CCN(C(=O)c3ccno3)CC2)C1. The van der Waals surface area contributed by atoms with Gasteiger partial charge in [-0.2, -0.15) is 0 Å². The Bertz CT molecular complexity index is 755. The molecule has 2 saturated heterocycles. The van der Waals surface area contributed by atoms with Crippen LogP contribution < -0.4 is 4.90 Å². The summed E-state index contributed by atoms with van der Waals surface area (Å²) in [5.74, 6) is -0.0670. The van der Waals surface area contributed by atoms with Gasteiger partial charge >= 0.3 is 0 Å². The van der Waals surface area contributed by atoms with E-state index in [1.807, 2.05) is 7.05 Å². The monoisotopic (exact) mass is 359 g/mol. The van der Waals surface area contributed by atoms with Crippen LogP contribution in [0.5, 0.6) is 0 Å². The van der Waals surface area contributed by atoms with E-state index in [2.05, 4.69) is 10.1 Å². The van der Waals surface area contributed by atoms with Crippen LogP contribution in [0.25, 0.3) is 0 Å². The van der Waals surface area contributed by atoms with Gasteiger partial charge < -0.3 is 19.1 Å². The Kier molecular flexibility index (Phi) is 4.40. The Labute approximate surface area is 151 Å². The van der Waals surface area contributed by atoms with E-state index in [9.17, 15) is 9.18 Å². The number of carbonyl (C=O) groups is 1. The highest BCUT2D eigenvalue weighted by atomic mass is 19.1. The van der Waals surface area contributed by atoms with Crippen molar-refractivity contribution in [1.29, 1.82) is 0 Å². The Morgan fingerprint density at radius 3 is 2.65 bits per heavy atom. The van der Waals surface area contributed by atoms with Gasteiger partial charge in [0.05, 0.1) is 24.4 Å². The van der Waals surface area contributed by atoms with Gasteiger partial charge in [0.2, 0.25) is 5.76 Å². The van der Waals surface area contributed by atoms with Crippen molar-refractivity contribution in [3.63, 3.8) is 0 Å². The Morgan fingerprint density at radius 2 is 2.00 bits per heavy atom. The largest absolute Gasteiger partial charge is 0.373 e. The molecule has 3 heterocycles. The van der Waals surface area contributed by atoms with Gasteiger partial charge in [0.25, 0.3) is 5.91 Å². The average Bonchev–Trinajstić information content (AvgIpc) is 3.33. The van der Waals surface area contributed by atoms with Gasteiger partial charge in [-0.25, -0.2) is 4.39 Å². The Hall–Kier alpha value is -2.41. The predicted octanol–water partition coefficient (Wildman–Crippen LogP) is 2.71. The minimum absolute atomic E-state index is 0.115. The number of halogens is 1. The molecule has 0 aliphatic carbocycles. The van der Waals surface area contributed by atoms with E-state index in [-0.39, 0.29) is 29.1 Å². The Balaban J connectivity index is 1.36. The fourth-order valence-corrected chi connectivity index (χ4v) is 3.90. The van der Waals surface area contributed by atoms with E-state index >= 15 is 0 Å². The Morgan fingerprint density at radius 1 is 1.27 bits per heavy atom. The van der Waals surface area contributed by atoms with E-state index in [1.54, 1.807) is 23.1 Å². The predicted molar refractivity (Wildman–Crippen MR) is 93.5 cm³/mol. The molecule has 26 heavy (non-hydrogen) atoms. The molecule has 1 aromatic heterocycles. The fraction of sp³-hybridized carbons (Fsp3) is 0.474. The van der Waals surface area contributed by atoms with Gasteiger partial charge in [0, 0.05) is 31.9 Å². The second-order valence-electron chi connectivity index (χ2n) is 7.11. The molecule has 0 N–H and O–H groups in total. The normalized spacial score (nSPS) is 21.9. The van der Waals surface area contributed by atoms with E-state index in [4.69, 9.17) is 9.26 Å². The van der Waals surface area contributed by atoms with Crippen LogP contribution in [-0.2, 0) is 4.74 Å². The van der Waals surface area contributed by atoms with Gasteiger partial charge in [-0.1, -0.05) is 5.16 Å². The molecule has 1 aromatic carbocycles. The number of likely N-dealkylation sites (N-methyl/N-ethyl adjacent to an activating group) is 1. The van der Waals surface area contributed by atoms with Crippen LogP contribution in [0.15, 0.2) is 41.1 Å². The van der Waals surface area contributed by atoms with Crippen molar-refractivity contribution < 1.29 is 18.4 Å². The third-order valence-corrected chi connectivity index (χ3v) is 5.58. The minimum atomic E-state index is -0.231. The van der Waals surface area contributed by atoms with Crippen molar-refractivity contribution in [2.45, 2.75) is 30.9 Å². The highest BCUT2D eigenvalue weighted by Crippen LogP contribution is 2.38. The molecule has 0 unspecified atom stereocenters. The maximum absolute atomic E-state index is 13.1. The molecular formula is C19H22FN3O3. The zero-order valence-corrected chi connectivity index (χ0v) is 14.7. The summed E-state index contributed by atoms with van der Waals surface area (Å²) in [6.07, 6.45) is 4.00. The van der Waals surface area contributed by atoms with E-state index < -0.39 is 0 Å². The summed E-state index contributed by atoms with van der Waals surface area (Å²) in [6.45, 7) is 1.93. The topological polar surface area (TPSA) is 58.8 Å². The number of anilines is 1. The summed E-state index contributed by atoms with van der Waals surface area (Å²) in [4.78, 5) is 16.3. The molecule has 1 spiro atoms. The average molecular weight is 359 g/mol. The fourth-order valence-electron chi connectivity index (χ4n) is 3.90. The molecule has 2 aromatic rings. The second-order valence-corrected chi connectivity index (χ2v) is 7.11. The van der Waals surface area contributed by atoms with Crippen LogP contribution in [0.4, 0.5) is 10.1 Å². The first-order valence-corrected chi connectivity index (χ1v) is 8.89. The molecule has 0 radical (unpaired) electrons. The van der Waals surface area contributed by atoms with Gasteiger partial charge in [-0.15, -0.1) is 0 Å². The van der Waals surface area contributed by atoms with Crippen molar-refractivity contribution in [3.05, 3.63) is 48.1 Å². The third kappa shape index (κ3) is 3.19. The molecule has 2 aliphatic rings. The van der Waals surface area contributed by atoms with Crippen LogP contribution >= 0.6 is 0 Å². The number of carbonyl (C=O) groups excluding carboxylic acids is 1. The number of hydrogen-bond donors (Lipinski definition) is 0. The summed E-state index contributed by atoms with van der Waals surface area (Å²) in [5, 5.41) is 3.60. The lowest BCUT2D eigenvalue weighted by Gasteiger charge is -2.38. The smallest absolute Gasteiger partial charge is 0.292 e. The molecule has 2 aliphatic heterocycles. The number of piperidine rings is 1. The number of rotatable bonds is 3. The zero-order chi connectivity index (χ0) is 18.1. The number of ether oxygens (including phenoxy) is 1. The maximum Gasteiger partial charge on any atom is 0.292 e. The molecule has 1 amide bonds. The lowest BCUT2D eigenvalue weighted by Crippen LogP contribution is -2.47. The van der Waals surface area contributed by atoms with Crippen LogP contribution in [0.2, 0.25) is 0 Å². The number of nitrogens with zero attached hydrogens (tertiary/aromatic N) is 3. The number of amides is 1. The molecule has 7 heteroatoms. The maximum atomic E-state index is 13.1. The lowest BCUT2D eigenvalue weighted by molar-refractivity contribution is -0.0393. The molecule has 0 bridgehead atoms. The van der Waals surface area contributed by atoms with Gasteiger partial charge in [-0.05, 0) is 43.5 Å². The quantitative estimate of drug-likeness (QED) is 0.843. The van der Waals surface area contributed by atoms with Crippen LogP contribution in [0.1, 0.15) is 29.8 Å². The minimum Gasteiger partial charge on any atom is -0.373 e. The summed E-state index contributed by atoms with van der Waals surface area (Å²) >= 11 is 0. The number of hydrogen-bond acceptors (Lipinski definition) is 5. The van der Waals surface area contributed by atoms with Crippen LogP contribution in [0, 0.1) is 5.82 Å². The molecule has 1 atom stereocenters. The number of aromatic nitrogens is 1. The van der Waals surface area contributed by atoms with Gasteiger partial charge in [0.15, 0.2) is 0 Å².